The van der Waals surface area contributed by atoms with Gasteiger partial charge >= 0.3 is 12.1 Å². The molecule has 2 N–H and O–H groups in total. The Kier molecular flexibility index (Phi) is 5.83. The van der Waals surface area contributed by atoms with Crippen LogP contribution < -0.4 is 5.32 Å². The van der Waals surface area contributed by atoms with Gasteiger partial charge in [-0.15, -0.1) is 0 Å². The molecule has 1 fully saturated rings. The van der Waals surface area contributed by atoms with Crippen molar-refractivity contribution in [2.75, 3.05) is 0 Å². The van der Waals surface area contributed by atoms with Crippen molar-refractivity contribution in [1.29, 1.82) is 0 Å². The minimum Gasteiger partial charge on any atom is -0.480 e. The first-order valence-corrected chi connectivity index (χ1v) is 8.61. The maximum Gasteiger partial charge on any atom is 0.416 e. The van der Waals surface area contributed by atoms with Crippen LogP contribution in [0.25, 0.3) is 0 Å². The highest BCUT2D eigenvalue weighted by Gasteiger charge is 2.37. The lowest BCUT2D eigenvalue weighted by Gasteiger charge is -2.25. The molecule has 25 heavy (non-hydrogen) atoms. The van der Waals surface area contributed by atoms with E-state index in [-0.39, 0.29) is 17.7 Å². The van der Waals surface area contributed by atoms with Gasteiger partial charge in [-0.05, 0) is 24.6 Å². The monoisotopic (exact) mass is 391 g/mol. The Morgan fingerprint density at radius 3 is 2.40 bits per heavy atom. The molecule has 0 spiro atoms. The lowest BCUT2D eigenvalue weighted by molar-refractivity contribution is -0.137. The number of carbonyl (C=O) groups excluding carboxylic acids is 2. The summed E-state index contributed by atoms with van der Waals surface area (Å²) in [6, 6.07) is 4.48. The smallest absolute Gasteiger partial charge is 0.416 e. The van der Waals surface area contributed by atoms with E-state index in [0.29, 0.717) is 4.24 Å². The number of aliphatic carboxylic acids is 1. The highest BCUT2D eigenvalue weighted by molar-refractivity contribution is 8.39. The zero-order chi connectivity index (χ0) is 18.8. The summed E-state index contributed by atoms with van der Waals surface area (Å²) in [6.45, 7) is 0.978. The van der Waals surface area contributed by atoms with Crippen molar-refractivity contribution in [2.45, 2.75) is 24.2 Å². The van der Waals surface area contributed by atoms with Crippen molar-refractivity contribution in [2.24, 2.45) is 0 Å². The van der Waals surface area contributed by atoms with Gasteiger partial charge in [0.1, 0.15) is 5.57 Å². The summed E-state index contributed by atoms with van der Waals surface area (Å²) in [5.41, 5.74) is -0.785. The highest BCUT2D eigenvalue weighted by atomic mass is 32.3. The summed E-state index contributed by atoms with van der Waals surface area (Å²) in [4.78, 5) is 34.6. The summed E-state index contributed by atoms with van der Waals surface area (Å²) in [6.07, 6.45) is -4.49. The maximum atomic E-state index is 12.7. The molecule has 1 heterocycles. The molecule has 0 atom stereocenters. The molecule has 1 saturated heterocycles. The third-order valence-electron chi connectivity index (χ3n) is 3.12. The van der Waals surface area contributed by atoms with Gasteiger partial charge < -0.3 is 10.4 Å². The second-order valence-corrected chi connectivity index (χ2v) is 7.79. The quantitative estimate of drug-likeness (QED) is 0.456. The number of benzene rings is 1. The summed E-state index contributed by atoms with van der Waals surface area (Å²) in [5.74, 6) is -2.35. The van der Waals surface area contributed by atoms with Gasteiger partial charge in [-0.1, -0.05) is 35.7 Å². The molecule has 0 bridgehead atoms. The van der Waals surface area contributed by atoms with Crippen LogP contribution in [0.3, 0.4) is 0 Å². The van der Waals surface area contributed by atoms with Gasteiger partial charge in [-0.25, -0.2) is 0 Å². The number of carboxylic acid groups (broad SMARTS) is 1. The SMILES string of the molecule is CC(=O)C(C(=O)NCc1cccc(C(F)(F)F)c1)=C1SC(C(=O)O)S1. The fourth-order valence-electron chi connectivity index (χ4n) is 1.95. The van der Waals surface area contributed by atoms with E-state index in [1.807, 2.05) is 0 Å². The van der Waals surface area contributed by atoms with E-state index >= 15 is 0 Å². The fraction of sp³-hybridized carbons (Fsp3) is 0.267. The van der Waals surface area contributed by atoms with Gasteiger partial charge in [0.25, 0.3) is 5.91 Å². The van der Waals surface area contributed by atoms with Crippen LogP contribution >= 0.6 is 23.5 Å². The van der Waals surface area contributed by atoms with Crippen LogP contribution in [0, 0.1) is 0 Å². The van der Waals surface area contributed by atoms with E-state index in [1.54, 1.807) is 0 Å². The van der Waals surface area contributed by atoms with Gasteiger partial charge in [0.05, 0.1) is 9.80 Å². The molecule has 1 aromatic carbocycles. The lowest BCUT2D eigenvalue weighted by atomic mass is 10.1. The second-order valence-electron chi connectivity index (χ2n) is 5.01. The standard InChI is InChI=1S/C15H12F3NO4S2/c1-7(20)10(13-24-14(25-13)12(22)23)11(21)19-6-8-3-2-4-9(5-8)15(16,17)18/h2-5,14H,6H2,1H3,(H,19,21)(H,22,23). The Bertz CT molecular complexity index is 753. The summed E-state index contributed by atoms with van der Waals surface area (Å²) in [5, 5.41) is 11.2. The number of carbonyl (C=O) groups is 3. The van der Waals surface area contributed by atoms with Crippen LogP contribution in [0.2, 0.25) is 0 Å². The molecule has 2 rings (SSSR count). The van der Waals surface area contributed by atoms with Gasteiger partial charge in [-0.3, -0.25) is 14.4 Å². The molecule has 0 radical (unpaired) electrons. The van der Waals surface area contributed by atoms with Crippen molar-refractivity contribution in [1.82, 2.24) is 5.32 Å². The Hall–Kier alpha value is -1.94. The van der Waals surface area contributed by atoms with Gasteiger partial charge in [0.2, 0.25) is 0 Å². The average Bonchev–Trinajstić information content (AvgIpc) is 2.46. The molecule has 5 nitrogen and oxygen atoms in total. The maximum absolute atomic E-state index is 12.7. The predicted octanol–water partition coefficient (Wildman–Crippen LogP) is 3.01. The number of hydrogen-bond acceptors (Lipinski definition) is 5. The largest absolute Gasteiger partial charge is 0.480 e. The first kappa shape index (κ1) is 19.4. The summed E-state index contributed by atoms with van der Waals surface area (Å²) < 4.78 is 37.5. The number of halogens is 3. The van der Waals surface area contributed by atoms with Crippen molar-refractivity contribution in [3.05, 3.63) is 45.2 Å². The van der Waals surface area contributed by atoms with Gasteiger partial charge in [0, 0.05) is 6.54 Å². The predicted molar refractivity (Wildman–Crippen MR) is 87.6 cm³/mol. The van der Waals surface area contributed by atoms with Crippen LogP contribution in [0.5, 0.6) is 0 Å². The number of amides is 1. The van der Waals surface area contributed by atoms with E-state index in [2.05, 4.69) is 5.32 Å². The third-order valence-corrected chi connectivity index (χ3v) is 5.94. The number of nitrogens with one attached hydrogen (secondary N) is 1. The summed E-state index contributed by atoms with van der Waals surface area (Å²) >= 11 is 1.77. The van der Waals surface area contributed by atoms with E-state index in [1.165, 1.54) is 19.1 Å². The number of thioether (sulfide) groups is 2. The van der Waals surface area contributed by atoms with Gasteiger partial charge in [-0.2, -0.15) is 13.2 Å². The Labute approximate surface area is 149 Å². The number of Topliss-reactive ketones (excluding diaryl/α,β-unsaturated/α-hetero) is 1. The second kappa shape index (κ2) is 7.52. The number of alkyl halides is 3. The Morgan fingerprint density at radius 2 is 1.88 bits per heavy atom. The van der Waals surface area contributed by atoms with E-state index in [4.69, 9.17) is 5.11 Å². The van der Waals surface area contributed by atoms with E-state index in [9.17, 15) is 27.6 Å². The number of hydrogen-bond donors (Lipinski definition) is 2. The first-order valence-electron chi connectivity index (χ1n) is 6.85. The minimum absolute atomic E-state index is 0.181. The third kappa shape index (κ3) is 4.79. The molecule has 1 aliphatic rings. The van der Waals surface area contributed by atoms with Crippen LogP contribution in [0.15, 0.2) is 34.1 Å². The normalized spacial score (nSPS) is 16.8. The van der Waals surface area contributed by atoms with E-state index < -0.39 is 34.0 Å². The number of ketones is 1. The first-order chi connectivity index (χ1) is 11.6. The topological polar surface area (TPSA) is 83.5 Å². The van der Waals surface area contributed by atoms with Crippen molar-refractivity contribution in [3.8, 4) is 0 Å². The molecule has 0 unspecified atom stereocenters. The van der Waals surface area contributed by atoms with Crippen LogP contribution in [0.1, 0.15) is 18.1 Å². The van der Waals surface area contributed by atoms with Crippen LogP contribution in [-0.4, -0.2) is 27.3 Å². The molecule has 0 saturated carbocycles. The van der Waals surface area contributed by atoms with Crippen molar-refractivity contribution >= 4 is 41.2 Å². The molecule has 134 valence electrons. The van der Waals surface area contributed by atoms with E-state index in [0.717, 1.165) is 35.7 Å². The molecule has 1 amide bonds. The average molecular weight is 391 g/mol. The molecule has 0 aromatic heterocycles. The van der Waals surface area contributed by atoms with Gasteiger partial charge in [0.15, 0.2) is 10.4 Å². The highest BCUT2D eigenvalue weighted by Crippen LogP contribution is 2.52. The number of rotatable bonds is 5. The van der Waals surface area contributed by atoms with Crippen LogP contribution in [0.4, 0.5) is 13.2 Å². The van der Waals surface area contributed by atoms with Crippen LogP contribution in [-0.2, 0) is 27.1 Å². The molecule has 0 aliphatic carbocycles. The molecule has 1 aromatic rings. The molecular weight excluding hydrogens is 379 g/mol. The Morgan fingerprint density at radius 1 is 1.24 bits per heavy atom. The van der Waals surface area contributed by atoms with Crippen molar-refractivity contribution in [3.63, 3.8) is 0 Å². The zero-order valence-electron chi connectivity index (χ0n) is 12.7. The minimum atomic E-state index is -4.49. The number of carboxylic acids is 1. The molecule has 10 heteroatoms. The Balaban J connectivity index is 2.07. The fourth-order valence-corrected chi connectivity index (χ4v) is 4.13. The van der Waals surface area contributed by atoms with Crippen molar-refractivity contribution < 1.29 is 32.7 Å². The molecular formula is C15H12F3NO4S2. The summed E-state index contributed by atoms with van der Waals surface area (Å²) in [7, 11) is 0. The zero-order valence-corrected chi connectivity index (χ0v) is 14.3. The molecule has 1 aliphatic heterocycles. The lowest BCUT2D eigenvalue weighted by Crippen LogP contribution is -2.30.